The summed E-state index contributed by atoms with van der Waals surface area (Å²) in [5.41, 5.74) is 0.391. The zero-order valence-electron chi connectivity index (χ0n) is 35.9. The fraction of sp³-hybridized carbons (Fsp3) is 0.738. The number of amides is 1. The summed E-state index contributed by atoms with van der Waals surface area (Å²) < 4.78 is 41.3. The third kappa shape index (κ3) is 7.86. The minimum absolute atomic E-state index is 0.0104. The van der Waals surface area contributed by atoms with E-state index in [0.717, 1.165) is 79.2 Å². The molecule has 56 heavy (non-hydrogen) atoms. The molecular formula is C42H64BClN4O7Si. The predicted octanol–water partition coefficient (Wildman–Crippen LogP) is 9.49. The van der Waals surface area contributed by atoms with Gasteiger partial charge in [-0.25, -0.2) is 14.5 Å². The van der Waals surface area contributed by atoms with Gasteiger partial charge in [0.15, 0.2) is 14.5 Å². The number of oxazole rings is 1. The predicted molar refractivity (Wildman–Crippen MR) is 222 cm³/mol. The van der Waals surface area contributed by atoms with Crippen LogP contribution in [0.25, 0.3) is 10.9 Å². The summed E-state index contributed by atoms with van der Waals surface area (Å²) in [4.78, 5) is 20.0. The fourth-order valence-corrected chi connectivity index (χ4v) is 10.6. The smallest absolute Gasteiger partial charge is 0.444 e. The molecule has 0 N–H and O–H groups in total. The highest BCUT2D eigenvalue weighted by molar-refractivity contribution is 6.74. The number of fused-ring (bicyclic) bond motifs is 1. The minimum Gasteiger partial charge on any atom is -0.444 e. The van der Waals surface area contributed by atoms with Crippen LogP contribution in [0.5, 0.6) is 0 Å². The second kappa shape index (κ2) is 14.4. The third-order valence-electron chi connectivity index (χ3n) is 13.4. The Balaban J connectivity index is 1.18. The van der Waals surface area contributed by atoms with Gasteiger partial charge in [0.1, 0.15) is 17.0 Å². The number of halogens is 1. The second-order valence-corrected chi connectivity index (χ2v) is 25.7. The standard InChI is InChI=1S/C42H64BClN4O7Si/c1-37(2,3)52-36(49)47-20-15-19-41(27-47)25-42(26-41,55-56(11,12)38(4,5)6)35-45-23-28(51-35)17-18-29-31(44)22-32-30(24-46-48(32)33-16-13-14-21-50-33)34(29)43-53-39(7,8)40(9,10)54-43/h22-24,33H,13-21,25-27H2,1-12H3. The van der Waals surface area contributed by atoms with Crippen molar-refractivity contribution in [2.24, 2.45) is 5.41 Å². The lowest BCUT2D eigenvalue weighted by molar-refractivity contribution is -0.160. The lowest BCUT2D eigenvalue weighted by atomic mass is 9.56. The number of hydrogen-bond acceptors (Lipinski definition) is 9. The number of ether oxygens (including phenoxy) is 2. The summed E-state index contributed by atoms with van der Waals surface area (Å²) in [5, 5.41) is 6.40. The van der Waals surface area contributed by atoms with E-state index in [1.54, 1.807) is 0 Å². The van der Waals surface area contributed by atoms with E-state index in [0.29, 0.717) is 36.8 Å². The van der Waals surface area contributed by atoms with Gasteiger partial charge in [-0.1, -0.05) is 32.4 Å². The van der Waals surface area contributed by atoms with Crippen LogP contribution in [0.2, 0.25) is 23.2 Å². The molecular weight excluding hydrogens is 747 g/mol. The second-order valence-electron chi connectivity index (χ2n) is 20.5. The molecule has 1 aliphatic carbocycles. The van der Waals surface area contributed by atoms with E-state index in [4.69, 9.17) is 49.3 Å². The van der Waals surface area contributed by atoms with Gasteiger partial charge in [-0.3, -0.25) is 0 Å². The Morgan fingerprint density at radius 3 is 2.34 bits per heavy atom. The Morgan fingerprint density at radius 2 is 1.71 bits per heavy atom. The highest BCUT2D eigenvalue weighted by Gasteiger charge is 2.63. The van der Waals surface area contributed by atoms with Crippen LogP contribution in [0.4, 0.5) is 4.79 Å². The number of likely N-dealkylation sites (tertiary alicyclic amines) is 1. The molecule has 2 aromatic heterocycles. The summed E-state index contributed by atoms with van der Waals surface area (Å²) >= 11 is 7.25. The Morgan fingerprint density at radius 1 is 1.02 bits per heavy atom. The van der Waals surface area contributed by atoms with Gasteiger partial charge < -0.3 is 32.5 Å². The van der Waals surface area contributed by atoms with E-state index in [9.17, 15) is 4.79 Å². The number of hydrogen-bond donors (Lipinski definition) is 0. The molecule has 5 heterocycles. The summed E-state index contributed by atoms with van der Waals surface area (Å²) in [6.45, 7) is 27.4. The Bertz CT molecular complexity index is 1920. The molecule has 1 amide bonds. The number of piperidine rings is 1. The number of nitrogens with zero attached hydrogens (tertiary/aromatic N) is 4. The maximum Gasteiger partial charge on any atom is 0.495 e. The van der Waals surface area contributed by atoms with Gasteiger partial charge in [0.05, 0.1) is 29.1 Å². The molecule has 1 aromatic carbocycles. The van der Waals surface area contributed by atoms with Crippen LogP contribution >= 0.6 is 11.6 Å². The molecule has 308 valence electrons. The van der Waals surface area contributed by atoms with Crippen molar-refractivity contribution >= 4 is 49.5 Å². The molecule has 0 radical (unpaired) electrons. The quantitative estimate of drug-likeness (QED) is 0.206. The fourth-order valence-electron chi connectivity index (χ4n) is 8.78. The summed E-state index contributed by atoms with van der Waals surface area (Å²) in [7, 11) is -2.89. The van der Waals surface area contributed by atoms with Gasteiger partial charge in [0.25, 0.3) is 0 Å². The van der Waals surface area contributed by atoms with E-state index in [1.807, 2.05) is 48.8 Å². The molecule has 1 unspecified atom stereocenters. The van der Waals surface area contributed by atoms with Crippen LogP contribution in [0, 0.1) is 5.41 Å². The molecule has 4 aliphatic rings. The van der Waals surface area contributed by atoms with Gasteiger partial charge in [-0.15, -0.1) is 0 Å². The lowest BCUT2D eigenvalue weighted by Crippen LogP contribution is -2.62. The van der Waals surface area contributed by atoms with Crippen molar-refractivity contribution < 1.29 is 32.4 Å². The van der Waals surface area contributed by atoms with Crippen LogP contribution in [-0.2, 0) is 41.7 Å². The zero-order chi connectivity index (χ0) is 40.7. The number of carbonyl (C=O) groups is 1. The molecule has 1 spiro atoms. The van der Waals surface area contributed by atoms with Crippen LogP contribution < -0.4 is 5.46 Å². The average molecular weight is 811 g/mol. The topological polar surface area (TPSA) is 110 Å². The van der Waals surface area contributed by atoms with Crippen molar-refractivity contribution in [3.8, 4) is 0 Å². The van der Waals surface area contributed by atoms with Crippen LogP contribution in [-0.4, -0.2) is 77.7 Å². The van der Waals surface area contributed by atoms with Crippen molar-refractivity contribution in [3.05, 3.63) is 40.7 Å². The molecule has 4 fully saturated rings. The van der Waals surface area contributed by atoms with Crippen molar-refractivity contribution in [1.82, 2.24) is 19.7 Å². The number of aromatic nitrogens is 3. The van der Waals surface area contributed by atoms with Crippen LogP contribution in [0.3, 0.4) is 0 Å². The van der Waals surface area contributed by atoms with Gasteiger partial charge in [-0.05, 0) is 140 Å². The number of carbonyl (C=O) groups excluding carboxylic acids is 1. The Kier molecular flexibility index (Phi) is 10.7. The molecule has 1 atom stereocenters. The van der Waals surface area contributed by atoms with Crippen molar-refractivity contribution in [3.63, 3.8) is 0 Å². The van der Waals surface area contributed by atoms with Crippen molar-refractivity contribution in [1.29, 1.82) is 0 Å². The van der Waals surface area contributed by atoms with E-state index in [1.165, 1.54) is 0 Å². The highest BCUT2D eigenvalue weighted by atomic mass is 35.5. The Hall–Kier alpha value is -2.42. The monoisotopic (exact) mass is 810 g/mol. The highest BCUT2D eigenvalue weighted by Crippen LogP contribution is 2.62. The van der Waals surface area contributed by atoms with E-state index < -0.39 is 37.8 Å². The molecule has 0 bridgehead atoms. The number of rotatable bonds is 8. The van der Waals surface area contributed by atoms with Crippen molar-refractivity contribution in [2.45, 2.75) is 174 Å². The zero-order valence-corrected chi connectivity index (χ0v) is 37.7. The molecule has 14 heteroatoms. The van der Waals surface area contributed by atoms with Crippen LogP contribution in [0.15, 0.2) is 22.9 Å². The van der Waals surface area contributed by atoms with Crippen molar-refractivity contribution in [2.75, 3.05) is 19.7 Å². The first-order valence-electron chi connectivity index (χ1n) is 20.7. The molecule has 3 saturated heterocycles. The van der Waals surface area contributed by atoms with E-state index in [-0.39, 0.29) is 22.8 Å². The maximum absolute atomic E-state index is 13.2. The first kappa shape index (κ1) is 41.7. The van der Waals surface area contributed by atoms with Gasteiger partial charge in [0, 0.05) is 36.5 Å². The van der Waals surface area contributed by atoms with Gasteiger partial charge in [-0.2, -0.15) is 5.10 Å². The lowest BCUT2D eigenvalue weighted by Gasteiger charge is -2.60. The first-order chi connectivity index (χ1) is 25.9. The van der Waals surface area contributed by atoms with Gasteiger partial charge >= 0.3 is 13.2 Å². The summed E-state index contributed by atoms with van der Waals surface area (Å²) in [6, 6.07) is 2.01. The molecule has 3 aliphatic heterocycles. The van der Waals surface area contributed by atoms with E-state index in [2.05, 4.69) is 61.6 Å². The Labute approximate surface area is 340 Å². The third-order valence-corrected chi connectivity index (χ3v) is 18.2. The van der Waals surface area contributed by atoms with Gasteiger partial charge in [0.2, 0.25) is 5.89 Å². The summed E-state index contributed by atoms with van der Waals surface area (Å²) in [6.07, 6.45) is 11.0. The maximum atomic E-state index is 13.2. The molecule has 11 nitrogen and oxygen atoms in total. The average Bonchev–Trinajstić information content (AvgIpc) is 3.77. The first-order valence-corrected chi connectivity index (χ1v) is 24.0. The largest absolute Gasteiger partial charge is 0.495 e. The molecule has 7 rings (SSSR count). The molecule has 1 saturated carbocycles. The van der Waals surface area contributed by atoms with Crippen LogP contribution in [0.1, 0.15) is 138 Å². The summed E-state index contributed by atoms with van der Waals surface area (Å²) in [5.74, 6) is 1.39. The van der Waals surface area contributed by atoms with E-state index >= 15 is 0 Å². The SMILES string of the molecule is CC(C)(C)OC(=O)N1CCCC2(C1)CC(O[Si](C)(C)C(C)(C)C)(c1ncc(CCc3c(Cl)cc4c(cnn4C4CCCCO4)c3B3OC(C)(C)C(C)(C)O3)o1)C2. The molecule has 3 aromatic rings. The number of benzene rings is 1. The minimum atomic E-state index is -2.26. The number of aryl methyl sites for hydroxylation is 1. The normalized spacial score (nSPS) is 26.9.